The second-order valence-corrected chi connectivity index (χ2v) is 6.36. The first-order chi connectivity index (χ1) is 11.2. The Morgan fingerprint density at radius 2 is 2.13 bits per heavy atom. The van der Waals surface area contributed by atoms with Gasteiger partial charge < -0.3 is 20.7 Å². The maximum Gasteiger partial charge on any atom is 0.193 e. The van der Waals surface area contributed by atoms with Gasteiger partial charge in [-0.25, -0.2) is 0 Å². The van der Waals surface area contributed by atoms with Crippen molar-refractivity contribution in [2.24, 2.45) is 16.6 Å². The molecule has 1 aromatic carbocycles. The maximum atomic E-state index is 5.93. The van der Waals surface area contributed by atoms with E-state index in [1.54, 1.807) is 7.11 Å². The van der Waals surface area contributed by atoms with Crippen LogP contribution in [0.1, 0.15) is 32.6 Å². The molecule has 0 radical (unpaired) electrons. The molecule has 1 aliphatic rings. The van der Waals surface area contributed by atoms with Crippen molar-refractivity contribution in [3.05, 3.63) is 24.3 Å². The number of nitrogens with zero attached hydrogens (tertiary/aromatic N) is 2. The number of piperidine rings is 1. The van der Waals surface area contributed by atoms with E-state index in [1.165, 1.54) is 38.9 Å². The number of guanidine groups is 1. The summed E-state index contributed by atoms with van der Waals surface area (Å²) in [5, 5.41) is 3.10. The van der Waals surface area contributed by atoms with Gasteiger partial charge in [0.1, 0.15) is 5.75 Å². The summed E-state index contributed by atoms with van der Waals surface area (Å²) >= 11 is 0. The summed E-state index contributed by atoms with van der Waals surface area (Å²) < 4.78 is 5.19. The zero-order valence-corrected chi connectivity index (χ0v) is 14.4. The summed E-state index contributed by atoms with van der Waals surface area (Å²) in [6.07, 6.45) is 4.95. The highest BCUT2D eigenvalue weighted by molar-refractivity contribution is 5.92. The summed E-state index contributed by atoms with van der Waals surface area (Å²) in [5.41, 5.74) is 6.82. The van der Waals surface area contributed by atoms with Crippen molar-refractivity contribution < 1.29 is 4.74 Å². The Hall–Kier alpha value is -1.75. The van der Waals surface area contributed by atoms with Gasteiger partial charge >= 0.3 is 0 Å². The highest BCUT2D eigenvalue weighted by Crippen LogP contribution is 2.17. The van der Waals surface area contributed by atoms with Crippen LogP contribution in [-0.4, -0.2) is 44.1 Å². The fourth-order valence-electron chi connectivity index (χ4n) is 2.82. The molecule has 23 heavy (non-hydrogen) atoms. The van der Waals surface area contributed by atoms with Gasteiger partial charge in [-0.3, -0.25) is 4.99 Å². The van der Waals surface area contributed by atoms with Crippen LogP contribution < -0.4 is 15.8 Å². The average Bonchev–Trinajstić information content (AvgIpc) is 2.56. The highest BCUT2D eigenvalue weighted by Gasteiger charge is 2.14. The minimum atomic E-state index is 0.463. The lowest BCUT2D eigenvalue weighted by molar-refractivity contribution is 0.190. The third kappa shape index (κ3) is 6.48. The smallest absolute Gasteiger partial charge is 0.193 e. The molecule has 1 aromatic rings. The lowest BCUT2D eigenvalue weighted by Gasteiger charge is -2.30. The van der Waals surface area contributed by atoms with Crippen molar-refractivity contribution in [1.82, 2.24) is 4.90 Å². The van der Waals surface area contributed by atoms with Crippen LogP contribution in [0.15, 0.2) is 29.3 Å². The van der Waals surface area contributed by atoms with E-state index in [-0.39, 0.29) is 0 Å². The first-order valence-corrected chi connectivity index (χ1v) is 8.60. The minimum Gasteiger partial charge on any atom is -0.497 e. The van der Waals surface area contributed by atoms with Gasteiger partial charge in [0.15, 0.2) is 5.96 Å². The van der Waals surface area contributed by atoms with Gasteiger partial charge in [0.2, 0.25) is 0 Å². The molecule has 1 aliphatic heterocycles. The molecule has 0 amide bonds. The fraction of sp³-hybridized carbons (Fsp3) is 0.611. The Balaban J connectivity index is 1.63. The molecule has 128 valence electrons. The summed E-state index contributed by atoms with van der Waals surface area (Å²) in [4.78, 5) is 6.96. The molecule has 1 heterocycles. The molecule has 0 saturated carbocycles. The molecule has 0 atom stereocenters. The van der Waals surface area contributed by atoms with Crippen LogP contribution in [0.4, 0.5) is 5.69 Å². The highest BCUT2D eigenvalue weighted by atomic mass is 16.5. The number of methoxy groups -OCH3 is 1. The normalized spacial score (nSPS) is 17.2. The van der Waals surface area contributed by atoms with Crippen LogP contribution >= 0.6 is 0 Å². The van der Waals surface area contributed by atoms with Crippen LogP contribution in [0.5, 0.6) is 5.75 Å². The van der Waals surface area contributed by atoms with Crippen molar-refractivity contribution in [3.63, 3.8) is 0 Å². The van der Waals surface area contributed by atoms with Gasteiger partial charge in [-0.1, -0.05) is 13.0 Å². The van der Waals surface area contributed by atoms with Crippen molar-refractivity contribution in [2.75, 3.05) is 38.6 Å². The van der Waals surface area contributed by atoms with Crippen LogP contribution in [-0.2, 0) is 0 Å². The number of aliphatic imine (C=N–C) groups is 1. The van der Waals surface area contributed by atoms with E-state index in [1.807, 2.05) is 24.3 Å². The summed E-state index contributed by atoms with van der Waals surface area (Å²) in [6.45, 7) is 6.82. The zero-order valence-electron chi connectivity index (χ0n) is 14.4. The summed E-state index contributed by atoms with van der Waals surface area (Å²) in [5.74, 6) is 2.17. The zero-order chi connectivity index (χ0) is 16.5. The van der Waals surface area contributed by atoms with Crippen molar-refractivity contribution in [3.8, 4) is 5.75 Å². The van der Waals surface area contributed by atoms with Gasteiger partial charge in [-0.05, 0) is 63.4 Å². The number of hydrogen-bond donors (Lipinski definition) is 2. The molecule has 5 nitrogen and oxygen atoms in total. The van der Waals surface area contributed by atoms with Crippen LogP contribution in [0.2, 0.25) is 0 Å². The topological polar surface area (TPSA) is 62.9 Å². The number of likely N-dealkylation sites (tertiary alicyclic amines) is 1. The minimum absolute atomic E-state index is 0.463. The largest absolute Gasteiger partial charge is 0.497 e. The first kappa shape index (κ1) is 17.6. The maximum absolute atomic E-state index is 5.93. The Morgan fingerprint density at radius 1 is 1.35 bits per heavy atom. The van der Waals surface area contributed by atoms with Gasteiger partial charge in [-0.15, -0.1) is 0 Å². The summed E-state index contributed by atoms with van der Waals surface area (Å²) in [6, 6.07) is 7.68. The molecular formula is C18H30N4O. The Morgan fingerprint density at radius 3 is 2.87 bits per heavy atom. The molecule has 0 spiro atoms. The molecule has 0 unspecified atom stereocenters. The van der Waals surface area contributed by atoms with E-state index in [4.69, 9.17) is 10.5 Å². The number of ether oxygens (including phenoxy) is 1. The van der Waals surface area contributed by atoms with Crippen LogP contribution in [0.25, 0.3) is 0 Å². The number of nitrogens with one attached hydrogen (secondary N) is 1. The van der Waals surface area contributed by atoms with E-state index < -0.39 is 0 Å². The lowest BCUT2D eigenvalue weighted by atomic mass is 9.99. The van der Waals surface area contributed by atoms with E-state index in [0.717, 1.165) is 30.3 Å². The number of benzene rings is 1. The van der Waals surface area contributed by atoms with Crippen molar-refractivity contribution in [2.45, 2.75) is 32.6 Å². The molecule has 0 aliphatic carbocycles. The SMILES string of the molecule is COc1cccc(NC(N)=NCCCCN2CCC(C)CC2)c1. The van der Waals surface area contributed by atoms with Crippen LogP contribution in [0.3, 0.4) is 0 Å². The molecule has 3 N–H and O–H groups in total. The second kappa shape index (κ2) is 9.40. The quantitative estimate of drug-likeness (QED) is 0.461. The second-order valence-electron chi connectivity index (χ2n) is 6.36. The molecule has 2 rings (SSSR count). The monoisotopic (exact) mass is 318 g/mol. The number of unbranched alkanes of at least 4 members (excludes halogenated alkanes) is 1. The van der Waals surface area contributed by atoms with E-state index in [2.05, 4.69) is 22.1 Å². The molecule has 0 aromatic heterocycles. The molecule has 1 fully saturated rings. The number of nitrogens with two attached hydrogens (primary N) is 1. The summed E-state index contributed by atoms with van der Waals surface area (Å²) in [7, 11) is 1.65. The van der Waals surface area contributed by atoms with Gasteiger partial charge in [0, 0.05) is 18.3 Å². The van der Waals surface area contributed by atoms with Gasteiger partial charge in [-0.2, -0.15) is 0 Å². The van der Waals surface area contributed by atoms with Crippen molar-refractivity contribution >= 4 is 11.6 Å². The average molecular weight is 318 g/mol. The van der Waals surface area contributed by atoms with E-state index in [9.17, 15) is 0 Å². The number of rotatable bonds is 7. The lowest BCUT2D eigenvalue weighted by Crippen LogP contribution is -2.33. The number of hydrogen-bond acceptors (Lipinski definition) is 3. The van der Waals surface area contributed by atoms with E-state index >= 15 is 0 Å². The standard InChI is InChI=1S/C18H30N4O/c1-15-8-12-22(13-9-15)11-4-3-10-20-18(19)21-16-6-5-7-17(14-16)23-2/h5-7,14-15H,3-4,8-13H2,1-2H3,(H3,19,20,21). The molecular weight excluding hydrogens is 288 g/mol. The molecule has 0 bridgehead atoms. The predicted molar refractivity (Wildman–Crippen MR) is 97.2 cm³/mol. The predicted octanol–water partition coefficient (Wildman–Crippen LogP) is 2.93. The van der Waals surface area contributed by atoms with Gasteiger partial charge in [0.25, 0.3) is 0 Å². The molecule has 1 saturated heterocycles. The number of anilines is 1. The first-order valence-electron chi connectivity index (χ1n) is 8.60. The Bertz CT molecular complexity index is 496. The fourth-order valence-corrected chi connectivity index (χ4v) is 2.82. The molecule has 5 heteroatoms. The van der Waals surface area contributed by atoms with Crippen molar-refractivity contribution in [1.29, 1.82) is 0 Å². The van der Waals surface area contributed by atoms with Gasteiger partial charge in [0.05, 0.1) is 7.11 Å². The van der Waals surface area contributed by atoms with E-state index in [0.29, 0.717) is 5.96 Å². The Kier molecular flexibility index (Phi) is 7.20. The Labute approximate surface area is 139 Å². The van der Waals surface area contributed by atoms with Crippen LogP contribution in [0, 0.1) is 5.92 Å². The third-order valence-electron chi connectivity index (χ3n) is 4.38. The third-order valence-corrected chi connectivity index (χ3v) is 4.38.